The van der Waals surface area contributed by atoms with Crippen LogP contribution in [0.15, 0.2) is 35.7 Å². The summed E-state index contributed by atoms with van der Waals surface area (Å²) in [5, 5.41) is 6.23. The molecule has 0 saturated heterocycles. The molecule has 7 nitrogen and oxygen atoms in total. The van der Waals surface area contributed by atoms with Gasteiger partial charge in [0.15, 0.2) is 0 Å². The van der Waals surface area contributed by atoms with Crippen molar-refractivity contribution in [2.24, 2.45) is 0 Å². The van der Waals surface area contributed by atoms with Crippen LogP contribution in [0.5, 0.6) is 0 Å². The van der Waals surface area contributed by atoms with Gasteiger partial charge in [-0.3, -0.25) is 4.98 Å². The van der Waals surface area contributed by atoms with Crippen LogP contribution in [0.4, 0.5) is 19.1 Å². The third-order valence-corrected chi connectivity index (χ3v) is 3.57. The molecular weight excluding hydrogens is 339 g/mol. The van der Waals surface area contributed by atoms with Crippen LogP contribution in [0.1, 0.15) is 31.4 Å². The number of aromatic nitrogens is 4. The molecule has 3 rings (SSSR count). The molecule has 1 aliphatic heterocycles. The number of esters is 1. The Morgan fingerprint density at radius 3 is 2.76 bits per heavy atom. The van der Waals surface area contributed by atoms with Crippen LogP contribution in [0.3, 0.4) is 0 Å². The first-order valence-electron chi connectivity index (χ1n) is 7.42. The van der Waals surface area contributed by atoms with E-state index in [1.807, 2.05) is 0 Å². The molecule has 0 aliphatic carbocycles. The number of halogens is 3. The minimum atomic E-state index is -4.71. The van der Waals surface area contributed by atoms with Gasteiger partial charge in [-0.25, -0.2) is 9.48 Å². The van der Waals surface area contributed by atoms with Gasteiger partial charge in [-0.1, -0.05) is 6.07 Å². The molecule has 3 heterocycles. The number of pyridine rings is 1. The van der Waals surface area contributed by atoms with E-state index in [0.717, 1.165) is 4.68 Å². The van der Waals surface area contributed by atoms with E-state index in [-0.39, 0.29) is 18.1 Å². The predicted molar refractivity (Wildman–Crippen MR) is 80.4 cm³/mol. The van der Waals surface area contributed by atoms with Crippen LogP contribution in [0.25, 0.3) is 0 Å². The van der Waals surface area contributed by atoms with E-state index in [4.69, 9.17) is 4.74 Å². The summed E-state index contributed by atoms with van der Waals surface area (Å²) < 4.78 is 45.0. The van der Waals surface area contributed by atoms with Crippen molar-refractivity contribution in [1.82, 2.24) is 19.7 Å². The highest BCUT2D eigenvalue weighted by Crippen LogP contribution is 2.37. The predicted octanol–water partition coefficient (Wildman–Crippen LogP) is 2.54. The molecule has 0 bridgehead atoms. The fourth-order valence-corrected chi connectivity index (χ4v) is 2.56. The highest BCUT2D eigenvalue weighted by molar-refractivity contribution is 5.92. The number of ether oxygens (including phenoxy) is 1. The molecule has 0 aromatic carbocycles. The van der Waals surface area contributed by atoms with Crippen LogP contribution in [-0.4, -0.2) is 32.3 Å². The molecule has 0 amide bonds. The highest BCUT2D eigenvalue weighted by atomic mass is 19.4. The average Bonchev–Trinajstić information content (AvgIpc) is 2.98. The number of anilines is 1. The van der Waals surface area contributed by atoms with Crippen molar-refractivity contribution in [3.63, 3.8) is 0 Å². The van der Waals surface area contributed by atoms with Crippen molar-refractivity contribution in [3.05, 3.63) is 47.2 Å². The largest absolute Gasteiger partial charge is 0.463 e. The van der Waals surface area contributed by atoms with E-state index in [2.05, 4.69) is 20.4 Å². The lowest BCUT2D eigenvalue weighted by molar-refractivity contribution is -0.145. The Bertz CT molecular complexity index is 829. The molecule has 2 aromatic heterocycles. The minimum Gasteiger partial charge on any atom is -0.463 e. The van der Waals surface area contributed by atoms with Gasteiger partial charge in [0.2, 0.25) is 5.95 Å². The van der Waals surface area contributed by atoms with Gasteiger partial charge in [-0.15, -0.1) is 5.10 Å². The van der Waals surface area contributed by atoms with Crippen LogP contribution < -0.4 is 5.32 Å². The second-order valence-corrected chi connectivity index (χ2v) is 5.24. The minimum absolute atomic E-state index is 0.117. The summed E-state index contributed by atoms with van der Waals surface area (Å²) in [6, 6.07) is 3.96. The highest BCUT2D eigenvalue weighted by Gasteiger charge is 2.41. The molecule has 25 heavy (non-hydrogen) atoms. The first-order valence-corrected chi connectivity index (χ1v) is 7.42. The summed E-state index contributed by atoms with van der Waals surface area (Å²) in [5.41, 5.74) is 0.820. The maximum absolute atomic E-state index is 13.0. The zero-order valence-corrected chi connectivity index (χ0v) is 13.3. The third-order valence-electron chi connectivity index (χ3n) is 3.57. The summed E-state index contributed by atoms with van der Waals surface area (Å²) >= 11 is 0. The Hall–Kier alpha value is -2.91. The second-order valence-electron chi connectivity index (χ2n) is 5.24. The number of alkyl halides is 3. The second kappa shape index (κ2) is 6.19. The molecule has 1 atom stereocenters. The summed E-state index contributed by atoms with van der Waals surface area (Å²) in [6.45, 7) is 3.33. The summed E-state index contributed by atoms with van der Waals surface area (Å²) in [7, 11) is 0. The van der Waals surface area contributed by atoms with Gasteiger partial charge in [0.05, 0.1) is 17.9 Å². The van der Waals surface area contributed by atoms with Crippen molar-refractivity contribution in [1.29, 1.82) is 0 Å². The van der Waals surface area contributed by atoms with Crippen molar-refractivity contribution >= 4 is 11.9 Å². The Morgan fingerprint density at radius 2 is 2.16 bits per heavy atom. The maximum Gasteiger partial charge on any atom is 0.453 e. The molecule has 10 heteroatoms. The topological polar surface area (TPSA) is 81.9 Å². The van der Waals surface area contributed by atoms with E-state index in [1.54, 1.807) is 32.0 Å². The fourth-order valence-electron chi connectivity index (χ4n) is 2.56. The molecule has 0 radical (unpaired) electrons. The van der Waals surface area contributed by atoms with Crippen LogP contribution in [-0.2, 0) is 15.7 Å². The maximum atomic E-state index is 13.0. The molecular formula is C15H14F3N5O2. The van der Waals surface area contributed by atoms with Gasteiger partial charge in [-0.2, -0.15) is 18.2 Å². The van der Waals surface area contributed by atoms with E-state index in [1.165, 1.54) is 6.20 Å². The molecule has 0 fully saturated rings. The molecule has 0 unspecified atom stereocenters. The summed E-state index contributed by atoms with van der Waals surface area (Å²) in [6.07, 6.45) is -3.23. The number of nitrogens with zero attached hydrogens (tertiary/aromatic N) is 4. The smallest absolute Gasteiger partial charge is 0.453 e. The third kappa shape index (κ3) is 3.06. The Kier molecular flexibility index (Phi) is 4.19. The van der Waals surface area contributed by atoms with Gasteiger partial charge < -0.3 is 10.1 Å². The first kappa shape index (κ1) is 16.9. The lowest BCUT2D eigenvalue weighted by Crippen LogP contribution is -2.30. The SMILES string of the molecule is CCOC(=O)C1=C(C)Nc2nc(C(F)(F)F)nn2[C@H]1c1ccccn1. The zero-order valence-electron chi connectivity index (χ0n) is 13.3. The Labute approximate surface area is 140 Å². The molecule has 1 N–H and O–H groups in total. The van der Waals surface area contributed by atoms with Crippen molar-refractivity contribution in [2.45, 2.75) is 26.1 Å². The monoisotopic (exact) mass is 353 g/mol. The number of fused-ring (bicyclic) bond motifs is 1. The number of nitrogens with one attached hydrogen (secondary N) is 1. The van der Waals surface area contributed by atoms with Crippen LogP contribution in [0, 0.1) is 0 Å². The van der Waals surface area contributed by atoms with E-state index < -0.39 is 24.0 Å². The standard InChI is InChI=1S/C15H14F3N5O2/c1-3-25-12(24)10-8(2)20-14-21-13(15(16,17)18)22-23(14)11(10)9-6-4-5-7-19-9/h4-7,11H,3H2,1-2H3,(H,20,21,22)/t11-/m0/s1. The average molecular weight is 353 g/mol. The van der Waals surface area contributed by atoms with Gasteiger partial charge in [0, 0.05) is 11.9 Å². The quantitative estimate of drug-likeness (QED) is 0.854. The van der Waals surface area contributed by atoms with Crippen LogP contribution in [0.2, 0.25) is 0 Å². The molecule has 2 aromatic rings. The lowest BCUT2D eigenvalue weighted by Gasteiger charge is -2.27. The first-order chi connectivity index (χ1) is 11.8. The van der Waals surface area contributed by atoms with Gasteiger partial charge in [0.1, 0.15) is 6.04 Å². The van der Waals surface area contributed by atoms with Crippen LogP contribution >= 0.6 is 0 Å². The normalized spacial score (nSPS) is 17.1. The number of carbonyl (C=O) groups excluding carboxylic acids is 1. The molecule has 132 valence electrons. The van der Waals surface area contributed by atoms with Gasteiger partial charge in [-0.05, 0) is 26.0 Å². The fraction of sp³-hybridized carbons (Fsp3) is 0.333. The zero-order chi connectivity index (χ0) is 18.2. The number of hydrogen-bond acceptors (Lipinski definition) is 6. The molecule has 1 aliphatic rings. The Morgan fingerprint density at radius 1 is 1.40 bits per heavy atom. The van der Waals surface area contributed by atoms with E-state index >= 15 is 0 Å². The van der Waals surface area contributed by atoms with E-state index in [9.17, 15) is 18.0 Å². The number of rotatable bonds is 3. The van der Waals surface area contributed by atoms with Gasteiger partial charge >= 0.3 is 12.1 Å². The molecule has 0 saturated carbocycles. The summed E-state index contributed by atoms with van der Waals surface area (Å²) in [4.78, 5) is 20.0. The van der Waals surface area contributed by atoms with Gasteiger partial charge in [0.25, 0.3) is 5.82 Å². The van der Waals surface area contributed by atoms with Crippen molar-refractivity contribution in [2.75, 3.05) is 11.9 Å². The van der Waals surface area contributed by atoms with E-state index in [0.29, 0.717) is 11.4 Å². The van der Waals surface area contributed by atoms with Crippen molar-refractivity contribution in [3.8, 4) is 0 Å². The number of allylic oxidation sites excluding steroid dienone is 1. The number of carbonyl (C=O) groups is 1. The lowest BCUT2D eigenvalue weighted by atomic mass is 10.00. The van der Waals surface area contributed by atoms with Crippen molar-refractivity contribution < 1.29 is 22.7 Å². The summed E-state index contributed by atoms with van der Waals surface area (Å²) in [5.74, 6) is -2.07. The number of hydrogen-bond donors (Lipinski definition) is 1. The molecule has 0 spiro atoms. The Balaban J connectivity index is 2.17.